The lowest BCUT2D eigenvalue weighted by molar-refractivity contribution is 0.101. The second-order valence-electron chi connectivity index (χ2n) is 8.07. The largest absolute Gasteiger partial charge is 0.344 e. The zero-order valence-corrected chi connectivity index (χ0v) is 17.0. The molecule has 7 heteroatoms. The van der Waals surface area contributed by atoms with Crippen LogP contribution in [0.1, 0.15) is 35.7 Å². The van der Waals surface area contributed by atoms with E-state index in [4.69, 9.17) is 11.6 Å². The molecule has 1 aromatic heterocycles. The Bertz CT molecular complexity index is 882. The number of rotatable bonds is 4. The van der Waals surface area contributed by atoms with Crippen molar-refractivity contribution < 1.29 is 9.59 Å². The van der Waals surface area contributed by atoms with Crippen molar-refractivity contribution in [1.82, 2.24) is 19.6 Å². The summed E-state index contributed by atoms with van der Waals surface area (Å²) in [6, 6.07) is 8.37. The minimum atomic E-state index is -0.136. The van der Waals surface area contributed by atoms with Gasteiger partial charge in [-0.05, 0) is 50.3 Å². The summed E-state index contributed by atoms with van der Waals surface area (Å²) in [7, 11) is 2.16. The molecule has 0 N–H and O–H groups in total. The summed E-state index contributed by atoms with van der Waals surface area (Å²) < 4.78 is 1.29. The maximum absolute atomic E-state index is 12.7. The Labute approximate surface area is 170 Å². The van der Waals surface area contributed by atoms with Gasteiger partial charge in [-0.2, -0.15) is 9.78 Å². The Balaban J connectivity index is 1.34. The molecule has 148 valence electrons. The number of carbonyl (C=O) groups excluding carboxylic acids is 2. The molecule has 1 saturated heterocycles. The second kappa shape index (κ2) is 7.68. The monoisotopic (exact) mass is 400 g/mol. The number of hydrogen-bond acceptors (Lipinski definition) is 4. The standard InChI is InChI=1S/C21H25ClN4O2/c1-14(27)18-9-23-26(13-18)21(28)25-11-16-7-19(8-17(16)12-25)24(2)10-15-5-3-4-6-20(15)22/h3-6,9,13,16-17,19H,7-8,10-12H2,1-2H3/t16-,17+,19?. The van der Waals surface area contributed by atoms with Crippen molar-refractivity contribution in [3.63, 3.8) is 0 Å². The van der Waals surface area contributed by atoms with Crippen LogP contribution in [0.4, 0.5) is 4.79 Å². The van der Waals surface area contributed by atoms with Crippen LogP contribution in [0, 0.1) is 11.8 Å². The van der Waals surface area contributed by atoms with Gasteiger partial charge in [-0.25, -0.2) is 4.79 Å². The van der Waals surface area contributed by atoms with Gasteiger partial charge in [0.15, 0.2) is 5.78 Å². The third kappa shape index (κ3) is 3.71. The predicted molar refractivity (Wildman–Crippen MR) is 108 cm³/mol. The number of benzene rings is 1. The Morgan fingerprint density at radius 2 is 1.89 bits per heavy atom. The third-order valence-electron chi connectivity index (χ3n) is 6.18. The Kier molecular flexibility index (Phi) is 5.25. The van der Waals surface area contributed by atoms with E-state index in [1.54, 1.807) is 0 Å². The molecule has 0 radical (unpaired) electrons. The van der Waals surface area contributed by atoms with Crippen LogP contribution in [0.25, 0.3) is 0 Å². The molecule has 1 aliphatic carbocycles. The highest BCUT2D eigenvalue weighted by Crippen LogP contribution is 2.40. The molecule has 28 heavy (non-hydrogen) atoms. The van der Waals surface area contributed by atoms with Crippen LogP contribution in [-0.2, 0) is 6.54 Å². The molecule has 1 amide bonds. The minimum absolute atomic E-state index is 0.0817. The van der Waals surface area contributed by atoms with Gasteiger partial charge in [0.05, 0.1) is 11.8 Å². The first-order chi connectivity index (χ1) is 13.4. The summed E-state index contributed by atoms with van der Waals surface area (Å²) in [6.45, 7) is 3.84. The summed E-state index contributed by atoms with van der Waals surface area (Å²) in [4.78, 5) is 28.4. The lowest BCUT2D eigenvalue weighted by Crippen LogP contribution is -2.36. The molecule has 6 nitrogen and oxygen atoms in total. The van der Waals surface area contributed by atoms with E-state index in [0.29, 0.717) is 23.4 Å². The number of fused-ring (bicyclic) bond motifs is 1. The van der Waals surface area contributed by atoms with Gasteiger partial charge in [-0.3, -0.25) is 9.69 Å². The van der Waals surface area contributed by atoms with Gasteiger partial charge in [0.1, 0.15) is 0 Å². The maximum Gasteiger partial charge on any atom is 0.344 e. The van der Waals surface area contributed by atoms with Gasteiger partial charge in [-0.15, -0.1) is 0 Å². The lowest BCUT2D eigenvalue weighted by atomic mass is 10.0. The Morgan fingerprint density at radius 1 is 1.21 bits per heavy atom. The highest BCUT2D eigenvalue weighted by Gasteiger charge is 2.43. The van der Waals surface area contributed by atoms with Crippen molar-refractivity contribution in [1.29, 1.82) is 0 Å². The van der Waals surface area contributed by atoms with Gasteiger partial charge in [0.25, 0.3) is 0 Å². The fourth-order valence-corrected chi connectivity index (χ4v) is 4.76. The fraction of sp³-hybridized carbons (Fsp3) is 0.476. The number of aromatic nitrogens is 2. The number of amides is 1. The van der Waals surface area contributed by atoms with Gasteiger partial charge in [0, 0.05) is 36.9 Å². The van der Waals surface area contributed by atoms with Crippen LogP contribution in [-0.4, -0.2) is 57.6 Å². The number of ketones is 1. The first-order valence-electron chi connectivity index (χ1n) is 9.71. The van der Waals surface area contributed by atoms with E-state index in [1.807, 2.05) is 23.1 Å². The topological polar surface area (TPSA) is 58.4 Å². The molecule has 1 unspecified atom stereocenters. The average Bonchev–Trinajstić information content (AvgIpc) is 3.37. The fourth-order valence-electron chi connectivity index (χ4n) is 4.56. The van der Waals surface area contributed by atoms with Crippen molar-refractivity contribution in [2.75, 3.05) is 20.1 Å². The van der Waals surface area contributed by atoms with E-state index < -0.39 is 0 Å². The quantitative estimate of drug-likeness (QED) is 0.736. The predicted octanol–water partition coefficient (Wildman–Crippen LogP) is 3.55. The van der Waals surface area contributed by atoms with Crippen molar-refractivity contribution >= 4 is 23.4 Å². The van der Waals surface area contributed by atoms with Gasteiger partial charge >= 0.3 is 6.03 Å². The van der Waals surface area contributed by atoms with Crippen LogP contribution < -0.4 is 0 Å². The first-order valence-corrected chi connectivity index (χ1v) is 10.1. The number of halogens is 1. The first kappa shape index (κ1) is 19.2. The van der Waals surface area contributed by atoms with Crippen molar-refractivity contribution in [2.24, 2.45) is 11.8 Å². The van der Waals surface area contributed by atoms with Crippen LogP contribution in [0.3, 0.4) is 0 Å². The number of nitrogens with zero attached hydrogens (tertiary/aromatic N) is 4. The molecular weight excluding hydrogens is 376 g/mol. The third-order valence-corrected chi connectivity index (χ3v) is 6.55. The number of likely N-dealkylation sites (tertiary alicyclic amines) is 1. The van der Waals surface area contributed by atoms with E-state index in [-0.39, 0.29) is 11.8 Å². The number of carbonyl (C=O) groups is 2. The van der Waals surface area contributed by atoms with E-state index in [9.17, 15) is 9.59 Å². The number of Topliss-reactive ketones (excluding diaryl/α,β-unsaturated/α-hetero) is 1. The molecule has 1 saturated carbocycles. The van der Waals surface area contributed by atoms with E-state index in [1.165, 1.54) is 24.0 Å². The second-order valence-corrected chi connectivity index (χ2v) is 8.48. The van der Waals surface area contributed by atoms with Crippen molar-refractivity contribution in [3.8, 4) is 0 Å². The molecular formula is C21H25ClN4O2. The van der Waals surface area contributed by atoms with Gasteiger partial charge in [0.2, 0.25) is 0 Å². The van der Waals surface area contributed by atoms with Crippen LogP contribution in [0.2, 0.25) is 5.02 Å². The van der Waals surface area contributed by atoms with Crippen molar-refractivity contribution in [2.45, 2.75) is 32.4 Å². The average molecular weight is 401 g/mol. The van der Waals surface area contributed by atoms with Gasteiger partial charge in [-0.1, -0.05) is 29.8 Å². The smallest absolute Gasteiger partial charge is 0.322 e. The molecule has 0 bridgehead atoms. The zero-order chi connectivity index (χ0) is 19.8. The maximum atomic E-state index is 12.7. The molecule has 0 spiro atoms. The highest BCUT2D eigenvalue weighted by atomic mass is 35.5. The summed E-state index contributed by atoms with van der Waals surface area (Å²) >= 11 is 6.30. The minimum Gasteiger partial charge on any atom is -0.322 e. The summed E-state index contributed by atoms with van der Waals surface area (Å²) in [5.41, 5.74) is 1.62. The van der Waals surface area contributed by atoms with E-state index in [0.717, 1.165) is 43.1 Å². The van der Waals surface area contributed by atoms with Crippen molar-refractivity contribution in [3.05, 3.63) is 52.8 Å². The molecule has 4 rings (SSSR count). The zero-order valence-electron chi connectivity index (χ0n) is 16.2. The van der Waals surface area contributed by atoms with Gasteiger partial charge < -0.3 is 4.90 Å². The molecule has 2 heterocycles. The Morgan fingerprint density at radius 3 is 2.50 bits per heavy atom. The summed E-state index contributed by atoms with van der Waals surface area (Å²) in [5, 5.41) is 4.87. The SMILES string of the molecule is CC(=O)c1cnn(C(=O)N2C[C@H]3CC(N(C)Cc4ccccc4Cl)C[C@H]3C2)c1. The number of hydrogen-bond donors (Lipinski definition) is 0. The van der Waals surface area contributed by atoms with E-state index in [2.05, 4.69) is 23.1 Å². The molecule has 2 aliphatic rings. The molecule has 1 aromatic carbocycles. The molecule has 2 fully saturated rings. The molecule has 3 atom stereocenters. The lowest BCUT2D eigenvalue weighted by Gasteiger charge is -2.26. The molecule has 2 aromatic rings. The van der Waals surface area contributed by atoms with E-state index >= 15 is 0 Å². The van der Waals surface area contributed by atoms with Crippen LogP contribution in [0.5, 0.6) is 0 Å². The summed E-state index contributed by atoms with van der Waals surface area (Å²) in [5.74, 6) is 0.956. The highest BCUT2D eigenvalue weighted by molar-refractivity contribution is 6.31. The molecule has 1 aliphatic heterocycles. The summed E-state index contributed by atoms with van der Waals surface area (Å²) in [6.07, 6.45) is 5.16. The normalized spacial score (nSPS) is 24.0. The Hall–Kier alpha value is -2.18. The van der Waals surface area contributed by atoms with Crippen LogP contribution in [0.15, 0.2) is 36.7 Å². The van der Waals surface area contributed by atoms with Crippen LogP contribution >= 0.6 is 11.6 Å².